The van der Waals surface area contributed by atoms with Gasteiger partial charge in [-0.05, 0) is 0 Å². The summed E-state index contributed by atoms with van der Waals surface area (Å²) in [5, 5.41) is 0. The molecule has 0 aliphatic rings. The van der Waals surface area contributed by atoms with E-state index < -0.39 is 0 Å². The maximum absolute atomic E-state index is 3.67. The average molecular weight is 464 g/mol. The number of rotatable bonds is 0. The van der Waals surface area contributed by atoms with Crippen LogP contribution in [-0.2, 0) is 17.1 Å². The first kappa shape index (κ1) is 26.8. The van der Waals surface area contributed by atoms with Gasteiger partial charge in [-0.15, -0.1) is 0 Å². The van der Waals surface area contributed by atoms with E-state index >= 15 is 0 Å². The van der Waals surface area contributed by atoms with Crippen molar-refractivity contribution < 1.29 is 17.1 Å². The molecule has 164 valence electrons. The van der Waals surface area contributed by atoms with E-state index in [9.17, 15) is 0 Å². The van der Waals surface area contributed by atoms with Crippen LogP contribution >= 0.6 is 0 Å². The van der Waals surface area contributed by atoms with Crippen LogP contribution in [0.5, 0.6) is 0 Å². The predicted octanol–water partition coefficient (Wildman–Crippen LogP) is 2.46. The van der Waals surface area contributed by atoms with Crippen molar-refractivity contribution in [2.24, 2.45) is 0 Å². The quantitative estimate of drug-likeness (QED) is 0.188. The molecule has 0 unspecified atom stereocenters. The normalized spacial score (nSPS) is 7.74. The first-order chi connectivity index (χ1) is 15.0. The van der Waals surface area contributed by atoms with Crippen molar-refractivity contribution in [1.82, 2.24) is 59.8 Å². The van der Waals surface area contributed by atoms with Crippen LogP contribution in [0.25, 0.3) is 0 Å². The number of aromatic amines is 6. The second kappa shape index (κ2) is 23.8. The summed E-state index contributed by atoms with van der Waals surface area (Å²) in [7, 11) is 0. The molecule has 6 aromatic heterocycles. The number of hydrogen-bond donors (Lipinski definition) is 6. The SMILES string of the molecule is [Fe].c1c[nH]cn1.c1c[nH]cn1.c1c[nH]cn1.c1c[nH]cn1.c1c[nH]cn1.c1c[nH]cn1. The van der Waals surface area contributed by atoms with Gasteiger partial charge in [0.25, 0.3) is 0 Å². The first-order valence-corrected chi connectivity index (χ1v) is 8.56. The molecular weight excluding hydrogens is 440 g/mol. The number of hydrogen-bond acceptors (Lipinski definition) is 6. The maximum atomic E-state index is 3.67. The summed E-state index contributed by atoms with van der Waals surface area (Å²) in [6.45, 7) is 0. The Morgan fingerprint density at radius 3 is 0.484 bits per heavy atom. The fourth-order valence-corrected chi connectivity index (χ4v) is 1.29. The van der Waals surface area contributed by atoms with Gasteiger partial charge in [-0.1, -0.05) is 0 Å². The molecule has 6 aromatic rings. The molecule has 0 amide bonds. The zero-order chi connectivity index (χ0) is 21.2. The van der Waals surface area contributed by atoms with Gasteiger partial charge in [0.15, 0.2) is 0 Å². The molecule has 0 saturated heterocycles. The van der Waals surface area contributed by atoms with Crippen molar-refractivity contribution in [2.75, 3.05) is 0 Å². The fraction of sp³-hybridized carbons (Fsp3) is 0. The summed E-state index contributed by atoms with van der Waals surface area (Å²) < 4.78 is 0. The van der Waals surface area contributed by atoms with Gasteiger partial charge in [0, 0.05) is 91.4 Å². The molecule has 0 fully saturated rings. The number of nitrogens with one attached hydrogen (secondary N) is 6. The summed E-state index contributed by atoms with van der Waals surface area (Å²) >= 11 is 0. The molecule has 0 atom stereocenters. The van der Waals surface area contributed by atoms with Crippen molar-refractivity contribution in [3.05, 3.63) is 112 Å². The molecule has 6 rings (SSSR count). The van der Waals surface area contributed by atoms with E-state index in [1.54, 1.807) is 112 Å². The Morgan fingerprint density at radius 2 is 0.452 bits per heavy atom. The van der Waals surface area contributed by atoms with E-state index in [0.29, 0.717) is 0 Å². The van der Waals surface area contributed by atoms with Crippen molar-refractivity contribution in [3.8, 4) is 0 Å². The minimum absolute atomic E-state index is 0. The second-order valence-corrected chi connectivity index (χ2v) is 4.56. The molecule has 0 aliphatic heterocycles. The molecule has 0 saturated carbocycles. The Kier molecular flexibility index (Phi) is 20.6. The molecule has 0 aromatic carbocycles. The number of imidazole rings is 6. The first-order valence-electron chi connectivity index (χ1n) is 8.56. The molecule has 6 N–H and O–H groups in total. The Hall–Kier alpha value is -4.22. The Balaban J connectivity index is 0.000000346. The topological polar surface area (TPSA) is 172 Å². The fourth-order valence-electron chi connectivity index (χ4n) is 1.29. The molecule has 0 radical (unpaired) electrons. The zero-order valence-electron chi connectivity index (χ0n) is 16.4. The molecular formula is C18H24FeN12. The Bertz CT molecular complexity index is 578. The number of aromatic nitrogens is 12. The van der Waals surface area contributed by atoms with E-state index in [2.05, 4.69) is 59.8 Å². The Labute approximate surface area is 189 Å². The Morgan fingerprint density at radius 1 is 0.290 bits per heavy atom. The van der Waals surface area contributed by atoms with E-state index in [1.165, 1.54) is 0 Å². The van der Waals surface area contributed by atoms with Gasteiger partial charge in [-0.3, -0.25) is 0 Å². The minimum Gasteiger partial charge on any atom is -0.351 e. The van der Waals surface area contributed by atoms with Crippen LogP contribution in [0.2, 0.25) is 0 Å². The molecule has 0 bridgehead atoms. The van der Waals surface area contributed by atoms with E-state index in [4.69, 9.17) is 0 Å². The smallest absolute Gasteiger partial charge is 0.0919 e. The number of H-pyrrole nitrogens is 6. The van der Waals surface area contributed by atoms with Crippen molar-refractivity contribution in [2.45, 2.75) is 0 Å². The minimum atomic E-state index is 0. The molecule has 0 spiro atoms. The summed E-state index contributed by atoms with van der Waals surface area (Å²) in [6, 6.07) is 0. The molecule has 12 nitrogen and oxygen atoms in total. The summed E-state index contributed by atoms with van der Waals surface area (Å²) in [5.74, 6) is 0. The standard InChI is InChI=1S/6C3H4N2.Fe/c6*1-2-5-3-4-1;/h6*1-3H,(H,4,5);. The average Bonchev–Trinajstić information content (AvgIpc) is 3.69. The molecule has 0 aliphatic carbocycles. The monoisotopic (exact) mass is 464 g/mol. The van der Waals surface area contributed by atoms with Crippen LogP contribution in [0, 0.1) is 0 Å². The summed E-state index contributed by atoms with van der Waals surface area (Å²) in [4.78, 5) is 38.5. The van der Waals surface area contributed by atoms with Crippen LogP contribution < -0.4 is 0 Å². The summed E-state index contributed by atoms with van der Waals surface area (Å²) in [6.07, 6.45) is 30.5. The van der Waals surface area contributed by atoms with Gasteiger partial charge in [-0.2, -0.15) is 0 Å². The van der Waals surface area contributed by atoms with Crippen molar-refractivity contribution in [3.63, 3.8) is 0 Å². The van der Waals surface area contributed by atoms with Crippen LogP contribution in [-0.4, -0.2) is 59.8 Å². The van der Waals surface area contributed by atoms with Crippen LogP contribution in [0.4, 0.5) is 0 Å². The van der Waals surface area contributed by atoms with Crippen LogP contribution in [0.1, 0.15) is 0 Å². The molecule has 13 heteroatoms. The van der Waals surface area contributed by atoms with E-state index in [-0.39, 0.29) is 17.1 Å². The summed E-state index contributed by atoms with van der Waals surface area (Å²) in [5.41, 5.74) is 0. The van der Waals surface area contributed by atoms with Crippen molar-refractivity contribution in [1.29, 1.82) is 0 Å². The van der Waals surface area contributed by atoms with Gasteiger partial charge in [0.05, 0.1) is 38.0 Å². The van der Waals surface area contributed by atoms with Gasteiger partial charge in [0.1, 0.15) is 0 Å². The van der Waals surface area contributed by atoms with E-state index in [1.807, 2.05) is 0 Å². The predicted molar refractivity (Wildman–Crippen MR) is 112 cm³/mol. The largest absolute Gasteiger partial charge is 0.351 e. The van der Waals surface area contributed by atoms with Crippen molar-refractivity contribution >= 4 is 0 Å². The van der Waals surface area contributed by atoms with Gasteiger partial charge >= 0.3 is 0 Å². The molecule has 31 heavy (non-hydrogen) atoms. The van der Waals surface area contributed by atoms with Gasteiger partial charge in [0.2, 0.25) is 0 Å². The van der Waals surface area contributed by atoms with Crippen LogP contribution in [0.15, 0.2) is 112 Å². The van der Waals surface area contributed by atoms with E-state index in [0.717, 1.165) is 0 Å². The van der Waals surface area contributed by atoms with Gasteiger partial charge in [-0.25, -0.2) is 29.9 Å². The van der Waals surface area contributed by atoms with Gasteiger partial charge < -0.3 is 29.9 Å². The number of nitrogens with zero attached hydrogens (tertiary/aromatic N) is 6. The third kappa shape index (κ3) is 21.9. The van der Waals surface area contributed by atoms with Crippen LogP contribution in [0.3, 0.4) is 0 Å². The zero-order valence-corrected chi connectivity index (χ0v) is 17.5. The third-order valence-corrected chi connectivity index (χ3v) is 2.44. The second-order valence-electron chi connectivity index (χ2n) is 4.56. The third-order valence-electron chi connectivity index (χ3n) is 2.44. The molecule has 6 heterocycles. The maximum Gasteiger partial charge on any atom is 0.0919 e.